The minimum absolute atomic E-state index is 0.0583. The third-order valence-corrected chi connectivity index (χ3v) is 2.85. The molecule has 0 amide bonds. The number of anilines is 2. The van der Waals surface area contributed by atoms with Crippen molar-refractivity contribution in [2.75, 3.05) is 11.1 Å². The van der Waals surface area contributed by atoms with Gasteiger partial charge in [-0.15, -0.1) is 0 Å². The van der Waals surface area contributed by atoms with E-state index in [4.69, 9.17) is 11.0 Å². The van der Waals surface area contributed by atoms with Crippen LogP contribution in [0.25, 0.3) is 0 Å². The van der Waals surface area contributed by atoms with Gasteiger partial charge in [0.2, 0.25) is 0 Å². The Balaban J connectivity index is 2.24. The van der Waals surface area contributed by atoms with E-state index in [1.807, 2.05) is 6.07 Å². The molecule has 1 aliphatic carbocycles. The Labute approximate surface area is 96.0 Å². The van der Waals surface area contributed by atoms with E-state index in [1.165, 1.54) is 18.2 Å². The molecule has 17 heavy (non-hydrogen) atoms. The molecule has 0 radical (unpaired) electrons. The fourth-order valence-corrected chi connectivity index (χ4v) is 1.61. The van der Waals surface area contributed by atoms with E-state index < -0.39 is 11.7 Å². The Morgan fingerprint density at radius 1 is 1.35 bits per heavy atom. The molecule has 0 heterocycles. The first-order valence-electron chi connectivity index (χ1n) is 5.02. The number of alkyl halides is 3. The Hall–Kier alpha value is -1.90. The maximum absolute atomic E-state index is 12.7. The van der Waals surface area contributed by atoms with Crippen molar-refractivity contribution >= 4 is 11.4 Å². The number of benzene rings is 1. The van der Waals surface area contributed by atoms with Crippen LogP contribution in [0.15, 0.2) is 18.2 Å². The zero-order valence-electron chi connectivity index (χ0n) is 8.80. The van der Waals surface area contributed by atoms with Crippen LogP contribution >= 0.6 is 0 Å². The summed E-state index contributed by atoms with van der Waals surface area (Å²) >= 11 is 0. The second-order valence-corrected chi connectivity index (χ2v) is 4.12. The molecule has 90 valence electrons. The first-order chi connectivity index (χ1) is 7.88. The zero-order valence-corrected chi connectivity index (χ0v) is 8.80. The largest absolute Gasteiger partial charge is 0.411 e. The van der Waals surface area contributed by atoms with E-state index >= 15 is 0 Å². The van der Waals surface area contributed by atoms with E-state index in [2.05, 4.69) is 5.32 Å². The fraction of sp³-hybridized carbons (Fsp3) is 0.364. The average Bonchev–Trinajstić information content (AvgIpc) is 3.01. The summed E-state index contributed by atoms with van der Waals surface area (Å²) in [6, 6.07) is 6.04. The molecule has 0 aromatic heterocycles. The minimum Gasteiger partial charge on any atom is -0.398 e. The highest BCUT2D eigenvalue weighted by Gasteiger charge is 2.63. The smallest absolute Gasteiger partial charge is 0.398 e. The second-order valence-electron chi connectivity index (χ2n) is 4.12. The Morgan fingerprint density at radius 2 is 2.00 bits per heavy atom. The number of nitrogens with zero attached hydrogens (tertiary/aromatic N) is 1. The maximum Gasteiger partial charge on any atom is 0.411 e. The number of halogens is 3. The normalized spacial score (nSPS) is 17.3. The highest BCUT2D eigenvalue weighted by molar-refractivity contribution is 5.63. The molecule has 2 rings (SSSR count). The zero-order chi connectivity index (χ0) is 12.7. The van der Waals surface area contributed by atoms with E-state index in [9.17, 15) is 13.2 Å². The van der Waals surface area contributed by atoms with Gasteiger partial charge in [-0.2, -0.15) is 18.4 Å². The third kappa shape index (κ3) is 2.00. The lowest BCUT2D eigenvalue weighted by molar-refractivity contribution is -0.151. The summed E-state index contributed by atoms with van der Waals surface area (Å²) < 4.78 is 38.1. The molecule has 0 bridgehead atoms. The number of nitriles is 1. The number of nitrogens with one attached hydrogen (secondary N) is 1. The van der Waals surface area contributed by atoms with E-state index in [1.54, 1.807) is 0 Å². The summed E-state index contributed by atoms with van der Waals surface area (Å²) in [7, 11) is 0. The standard InChI is InChI=1S/C11H10F3N3/c12-11(13,14)10(3-4-10)17-8-1-2-9(16)7(5-8)6-15/h1-2,5,17H,3-4,16H2. The third-order valence-electron chi connectivity index (χ3n) is 2.85. The summed E-state index contributed by atoms with van der Waals surface area (Å²) in [4.78, 5) is 0. The van der Waals surface area contributed by atoms with Gasteiger partial charge in [0.05, 0.1) is 5.56 Å². The topological polar surface area (TPSA) is 61.8 Å². The SMILES string of the molecule is N#Cc1cc(NC2(C(F)(F)F)CC2)ccc1N. The van der Waals surface area contributed by atoms with Crippen molar-refractivity contribution in [3.8, 4) is 6.07 Å². The van der Waals surface area contributed by atoms with Gasteiger partial charge < -0.3 is 11.1 Å². The molecule has 6 heteroatoms. The molecule has 0 atom stereocenters. The van der Waals surface area contributed by atoms with E-state index in [0.29, 0.717) is 0 Å². The molecule has 0 aliphatic heterocycles. The number of hydrogen-bond donors (Lipinski definition) is 2. The summed E-state index contributed by atoms with van der Waals surface area (Å²) in [5, 5.41) is 11.2. The van der Waals surface area contributed by atoms with Gasteiger partial charge in [0.25, 0.3) is 0 Å². The van der Waals surface area contributed by atoms with Gasteiger partial charge >= 0.3 is 6.18 Å². The minimum atomic E-state index is -4.28. The first-order valence-corrected chi connectivity index (χ1v) is 5.02. The van der Waals surface area contributed by atoms with Crippen molar-refractivity contribution in [2.45, 2.75) is 24.6 Å². The molecule has 0 unspecified atom stereocenters. The second kappa shape index (κ2) is 3.55. The van der Waals surface area contributed by atoms with Crippen molar-refractivity contribution in [2.24, 2.45) is 0 Å². The molecule has 3 nitrogen and oxygen atoms in total. The van der Waals surface area contributed by atoms with Gasteiger partial charge in [0, 0.05) is 11.4 Å². The van der Waals surface area contributed by atoms with Gasteiger partial charge in [-0.05, 0) is 31.0 Å². The predicted octanol–water partition coefficient (Wildman–Crippen LogP) is 2.65. The van der Waals surface area contributed by atoms with Crippen LogP contribution in [0.2, 0.25) is 0 Å². The van der Waals surface area contributed by atoms with E-state index in [-0.39, 0.29) is 29.8 Å². The molecule has 1 fully saturated rings. The van der Waals surface area contributed by atoms with Crippen LogP contribution < -0.4 is 11.1 Å². The van der Waals surface area contributed by atoms with E-state index in [0.717, 1.165) is 0 Å². The molecule has 1 aromatic carbocycles. The molecular formula is C11H10F3N3. The average molecular weight is 241 g/mol. The van der Waals surface area contributed by atoms with Crippen LogP contribution in [-0.2, 0) is 0 Å². The lowest BCUT2D eigenvalue weighted by atomic mass is 10.1. The monoisotopic (exact) mass is 241 g/mol. The highest BCUT2D eigenvalue weighted by Crippen LogP contribution is 2.51. The van der Waals surface area contributed by atoms with Crippen LogP contribution in [0, 0.1) is 11.3 Å². The van der Waals surface area contributed by atoms with Crippen molar-refractivity contribution in [3.63, 3.8) is 0 Å². The number of nitrogen functional groups attached to an aromatic ring is 1. The molecule has 3 N–H and O–H groups in total. The Kier molecular flexibility index (Phi) is 2.42. The van der Waals surface area contributed by atoms with Gasteiger partial charge in [-0.25, -0.2) is 0 Å². The molecule has 1 aliphatic rings. The van der Waals surface area contributed by atoms with Crippen molar-refractivity contribution in [1.29, 1.82) is 5.26 Å². The summed E-state index contributed by atoms with van der Waals surface area (Å²) in [5.41, 5.74) is 4.37. The van der Waals surface area contributed by atoms with Crippen LogP contribution in [0.5, 0.6) is 0 Å². The van der Waals surface area contributed by atoms with Crippen molar-refractivity contribution in [3.05, 3.63) is 23.8 Å². The Bertz CT molecular complexity index is 484. The van der Waals surface area contributed by atoms with Gasteiger partial charge in [-0.1, -0.05) is 0 Å². The van der Waals surface area contributed by atoms with Crippen LogP contribution in [-0.4, -0.2) is 11.7 Å². The highest BCUT2D eigenvalue weighted by atomic mass is 19.4. The molecule has 1 saturated carbocycles. The summed E-state index contributed by atoms with van der Waals surface area (Å²) in [5.74, 6) is 0. The lowest BCUT2D eigenvalue weighted by Gasteiger charge is -2.22. The predicted molar refractivity (Wildman–Crippen MR) is 57.2 cm³/mol. The molecule has 1 aromatic rings. The summed E-state index contributed by atoms with van der Waals surface area (Å²) in [6.07, 6.45) is -4.16. The van der Waals surface area contributed by atoms with Gasteiger partial charge in [0.15, 0.2) is 0 Å². The number of nitrogens with two attached hydrogens (primary N) is 1. The lowest BCUT2D eigenvalue weighted by Crippen LogP contribution is -2.38. The molecular weight excluding hydrogens is 231 g/mol. The maximum atomic E-state index is 12.7. The van der Waals surface area contributed by atoms with Crippen LogP contribution in [0.3, 0.4) is 0 Å². The number of hydrogen-bond acceptors (Lipinski definition) is 3. The van der Waals surface area contributed by atoms with Gasteiger partial charge in [0.1, 0.15) is 11.6 Å². The summed E-state index contributed by atoms with van der Waals surface area (Å²) in [6.45, 7) is 0. The first kappa shape index (κ1) is 11.6. The Morgan fingerprint density at radius 3 is 2.47 bits per heavy atom. The van der Waals surface area contributed by atoms with Crippen molar-refractivity contribution < 1.29 is 13.2 Å². The van der Waals surface area contributed by atoms with Crippen molar-refractivity contribution in [1.82, 2.24) is 0 Å². The quantitative estimate of drug-likeness (QED) is 0.782. The fourth-order valence-electron chi connectivity index (χ4n) is 1.61. The molecule has 0 saturated heterocycles. The van der Waals surface area contributed by atoms with Gasteiger partial charge in [-0.3, -0.25) is 0 Å². The molecule has 0 spiro atoms. The van der Waals surface area contributed by atoms with Crippen LogP contribution in [0.1, 0.15) is 18.4 Å². The van der Waals surface area contributed by atoms with Crippen LogP contribution in [0.4, 0.5) is 24.5 Å². The number of rotatable bonds is 2.